The Labute approximate surface area is 153 Å². The van der Waals surface area contributed by atoms with Crippen LogP contribution in [0.15, 0.2) is 41.5 Å². The second kappa shape index (κ2) is 7.49. The minimum atomic E-state index is -0.585. The van der Waals surface area contributed by atoms with Gasteiger partial charge in [-0.05, 0) is 25.0 Å². The lowest BCUT2D eigenvalue weighted by Gasteiger charge is -2.06. The summed E-state index contributed by atoms with van der Waals surface area (Å²) < 4.78 is 1.21. The molecule has 0 bridgehead atoms. The van der Waals surface area contributed by atoms with Crippen LogP contribution in [0.4, 0.5) is 4.79 Å². The van der Waals surface area contributed by atoms with Crippen molar-refractivity contribution in [1.29, 1.82) is 0 Å². The fourth-order valence-corrected chi connectivity index (χ4v) is 3.81. The van der Waals surface area contributed by atoms with Crippen LogP contribution in [0.3, 0.4) is 0 Å². The summed E-state index contributed by atoms with van der Waals surface area (Å²) in [5.74, 6) is -0.574. The molecule has 7 nitrogen and oxygen atoms in total. The van der Waals surface area contributed by atoms with Crippen molar-refractivity contribution in [2.75, 3.05) is 6.54 Å². The van der Waals surface area contributed by atoms with E-state index >= 15 is 0 Å². The van der Waals surface area contributed by atoms with Crippen LogP contribution in [0, 0.1) is 6.92 Å². The molecular formula is C18H18N4O3S. The van der Waals surface area contributed by atoms with Gasteiger partial charge in [-0.3, -0.25) is 19.5 Å². The molecule has 8 heteroatoms. The number of amides is 3. The highest BCUT2D eigenvalue weighted by Crippen LogP contribution is 2.35. The molecular weight excluding hydrogens is 352 g/mol. The van der Waals surface area contributed by atoms with Crippen molar-refractivity contribution in [3.8, 4) is 10.4 Å². The van der Waals surface area contributed by atoms with E-state index in [4.69, 9.17) is 0 Å². The van der Waals surface area contributed by atoms with Gasteiger partial charge in [-0.25, -0.2) is 9.78 Å². The summed E-state index contributed by atoms with van der Waals surface area (Å²) in [5, 5.41) is 5.14. The van der Waals surface area contributed by atoms with E-state index in [9.17, 15) is 14.4 Å². The zero-order valence-electron chi connectivity index (χ0n) is 14.4. The quantitative estimate of drug-likeness (QED) is 0.737. The third kappa shape index (κ3) is 3.50. The molecule has 134 valence electrons. The molecule has 2 heterocycles. The molecule has 0 fully saturated rings. The first-order chi connectivity index (χ1) is 12.5. The highest BCUT2D eigenvalue weighted by Gasteiger charge is 2.17. The Bertz CT molecular complexity index is 1020. The Morgan fingerprint density at radius 2 is 1.96 bits per heavy atom. The molecule has 0 saturated carbocycles. The lowest BCUT2D eigenvalue weighted by atomic mass is 10.1. The molecule has 0 aliphatic carbocycles. The number of hydrogen-bond donors (Lipinski definition) is 2. The summed E-state index contributed by atoms with van der Waals surface area (Å²) in [6, 6.07) is 9.20. The predicted molar refractivity (Wildman–Crippen MR) is 101 cm³/mol. The number of hydrogen-bond acceptors (Lipinski definition) is 5. The predicted octanol–water partition coefficient (Wildman–Crippen LogP) is 2.28. The van der Waals surface area contributed by atoms with E-state index in [-0.39, 0.29) is 12.1 Å². The Hall–Kier alpha value is -3.00. The number of nitrogens with one attached hydrogen (secondary N) is 2. The van der Waals surface area contributed by atoms with Crippen LogP contribution >= 0.6 is 11.3 Å². The zero-order valence-corrected chi connectivity index (χ0v) is 15.2. The van der Waals surface area contributed by atoms with Crippen LogP contribution in [0.2, 0.25) is 0 Å². The maximum atomic E-state index is 12.8. The largest absolute Gasteiger partial charge is 0.338 e. The fraction of sp³-hybridized carbons (Fsp3) is 0.222. The van der Waals surface area contributed by atoms with Gasteiger partial charge in [0.2, 0.25) is 5.91 Å². The number of thiophene rings is 1. The summed E-state index contributed by atoms with van der Waals surface area (Å²) in [6.45, 7) is 3.76. The first-order valence-electron chi connectivity index (χ1n) is 8.13. The number of aryl methyl sites for hydroxylation is 1. The van der Waals surface area contributed by atoms with Gasteiger partial charge in [-0.15, -0.1) is 11.3 Å². The first-order valence-corrected chi connectivity index (χ1v) is 8.94. The van der Waals surface area contributed by atoms with E-state index in [2.05, 4.69) is 15.6 Å². The molecule has 2 aromatic heterocycles. The average molecular weight is 370 g/mol. The molecule has 0 aliphatic heterocycles. The van der Waals surface area contributed by atoms with Gasteiger partial charge in [-0.2, -0.15) is 0 Å². The second-order valence-corrected chi connectivity index (χ2v) is 6.69. The summed E-state index contributed by atoms with van der Waals surface area (Å²) in [4.78, 5) is 42.1. The molecule has 0 spiro atoms. The lowest BCUT2D eigenvalue weighted by molar-refractivity contribution is -0.120. The summed E-state index contributed by atoms with van der Waals surface area (Å²) in [6.07, 6.45) is 1.34. The SMILES string of the molecule is CCNC(=O)NC(=O)Cn1cnc2sc(-c3ccccc3)c(C)c2c1=O. The van der Waals surface area contributed by atoms with E-state index in [1.54, 1.807) is 6.92 Å². The van der Waals surface area contributed by atoms with Gasteiger partial charge in [0.25, 0.3) is 5.56 Å². The van der Waals surface area contributed by atoms with Crippen molar-refractivity contribution in [3.63, 3.8) is 0 Å². The number of benzene rings is 1. The van der Waals surface area contributed by atoms with Crippen molar-refractivity contribution in [3.05, 3.63) is 52.6 Å². The number of urea groups is 1. The molecule has 26 heavy (non-hydrogen) atoms. The molecule has 3 amide bonds. The van der Waals surface area contributed by atoms with Crippen LogP contribution in [0.1, 0.15) is 12.5 Å². The highest BCUT2D eigenvalue weighted by molar-refractivity contribution is 7.22. The van der Waals surface area contributed by atoms with Gasteiger partial charge in [-0.1, -0.05) is 30.3 Å². The van der Waals surface area contributed by atoms with Crippen LogP contribution < -0.4 is 16.2 Å². The minimum absolute atomic E-state index is 0.269. The summed E-state index contributed by atoms with van der Waals surface area (Å²) in [5.41, 5.74) is 1.57. The van der Waals surface area contributed by atoms with Gasteiger partial charge in [0.1, 0.15) is 11.4 Å². The Balaban J connectivity index is 1.94. The number of carbonyl (C=O) groups is 2. The van der Waals surface area contributed by atoms with E-state index in [0.29, 0.717) is 16.8 Å². The van der Waals surface area contributed by atoms with Crippen molar-refractivity contribution >= 4 is 33.5 Å². The number of carbonyl (C=O) groups excluding carboxylic acids is 2. The van der Waals surface area contributed by atoms with E-state index in [0.717, 1.165) is 16.0 Å². The fourth-order valence-electron chi connectivity index (χ4n) is 2.66. The van der Waals surface area contributed by atoms with Crippen molar-refractivity contribution in [1.82, 2.24) is 20.2 Å². The lowest BCUT2D eigenvalue weighted by Crippen LogP contribution is -2.42. The number of fused-ring (bicyclic) bond motifs is 1. The zero-order chi connectivity index (χ0) is 18.7. The number of nitrogens with zero attached hydrogens (tertiary/aromatic N) is 2. The molecule has 0 atom stereocenters. The van der Waals surface area contributed by atoms with E-state index in [1.807, 2.05) is 37.3 Å². The Morgan fingerprint density at radius 1 is 1.23 bits per heavy atom. The summed E-state index contributed by atoms with van der Waals surface area (Å²) >= 11 is 1.45. The minimum Gasteiger partial charge on any atom is -0.338 e. The normalized spacial score (nSPS) is 10.7. The molecule has 3 rings (SSSR count). The Morgan fingerprint density at radius 3 is 2.65 bits per heavy atom. The summed E-state index contributed by atoms with van der Waals surface area (Å²) in [7, 11) is 0. The highest BCUT2D eigenvalue weighted by atomic mass is 32.1. The number of rotatable bonds is 4. The molecule has 1 aromatic carbocycles. The van der Waals surface area contributed by atoms with Crippen molar-refractivity contribution < 1.29 is 9.59 Å². The third-order valence-corrected chi connectivity index (χ3v) is 5.11. The average Bonchev–Trinajstić information content (AvgIpc) is 2.96. The standard InChI is InChI=1S/C18H18N4O3S/c1-3-19-18(25)21-13(23)9-22-10-20-16-14(17(22)24)11(2)15(26-16)12-7-5-4-6-8-12/h4-8,10H,3,9H2,1-2H3,(H2,19,21,23,25). The van der Waals surface area contributed by atoms with Crippen molar-refractivity contribution in [2.24, 2.45) is 0 Å². The molecule has 3 aromatic rings. The van der Waals surface area contributed by atoms with E-state index in [1.165, 1.54) is 22.2 Å². The van der Waals surface area contributed by atoms with Gasteiger partial charge in [0, 0.05) is 11.4 Å². The topological polar surface area (TPSA) is 93.1 Å². The van der Waals surface area contributed by atoms with Gasteiger partial charge in [0.15, 0.2) is 0 Å². The van der Waals surface area contributed by atoms with Gasteiger partial charge >= 0.3 is 6.03 Å². The van der Waals surface area contributed by atoms with Gasteiger partial charge in [0.05, 0.1) is 11.7 Å². The monoisotopic (exact) mass is 370 g/mol. The first kappa shape index (κ1) is 17.8. The molecule has 0 aliphatic rings. The molecule has 0 radical (unpaired) electrons. The maximum absolute atomic E-state index is 12.8. The van der Waals surface area contributed by atoms with Crippen LogP contribution in [-0.4, -0.2) is 28.0 Å². The van der Waals surface area contributed by atoms with Crippen LogP contribution in [-0.2, 0) is 11.3 Å². The number of imide groups is 1. The van der Waals surface area contributed by atoms with Crippen LogP contribution in [0.25, 0.3) is 20.7 Å². The maximum Gasteiger partial charge on any atom is 0.321 e. The molecule has 2 N–H and O–H groups in total. The number of aromatic nitrogens is 2. The van der Waals surface area contributed by atoms with E-state index < -0.39 is 11.9 Å². The molecule has 0 saturated heterocycles. The molecule has 0 unspecified atom stereocenters. The third-order valence-electron chi connectivity index (χ3n) is 3.86. The van der Waals surface area contributed by atoms with Crippen molar-refractivity contribution in [2.45, 2.75) is 20.4 Å². The van der Waals surface area contributed by atoms with Gasteiger partial charge < -0.3 is 5.32 Å². The van der Waals surface area contributed by atoms with Crippen LogP contribution in [0.5, 0.6) is 0 Å². The smallest absolute Gasteiger partial charge is 0.321 e. The second-order valence-electron chi connectivity index (χ2n) is 5.69. The Kier molecular flexibility index (Phi) is 5.13.